The molecule has 0 spiro atoms. The zero-order valence-corrected chi connectivity index (χ0v) is 8.34. The van der Waals surface area contributed by atoms with Gasteiger partial charge in [0.2, 0.25) is 0 Å². The summed E-state index contributed by atoms with van der Waals surface area (Å²) in [5.74, 6) is 0.988. The highest BCUT2D eigenvalue weighted by atomic mass is 16.5. The number of methoxy groups -OCH3 is 1. The van der Waals surface area contributed by atoms with Crippen molar-refractivity contribution in [1.82, 2.24) is 0 Å². The first kappa shape index (κ1) is 9.85. The molecule has 0 heterocycles. The first-order chi connectivity index (χ1) is 6.33. The molecule has 0 amide bonds. The van der Waals surface area contributed by atoms with E-state index in [4.69, 9.17) is 4.74 Å². The van der Waals surface area contributed by atoms with Crippen LogP contribution in [0.15, 0.2) is 30.9 Å². The van der Waals surface area contributed by atoms with Gasteiger partial charge in [0.15, 0.2) is 0 Å². The van der Waals surface area contributed by atoms with Gasteiger partial charge in [0, 0.05) is 0 Å². The lowest BCUT2D eigenvalue weighted by Crippen LogP contribution is -1.95. The zero-order valence-electron chi connectivity index (χ0n) is 8.34. The minimum atomic E-state index is 0.917. The minimum absolute atomic E-state index is 0.917. The van der Waals surface area contributed by atoms with Gasteiger partial charge in [-0.15, -0.1) is 6.58 Å². The molecule has 0 N–H and O–H groups in total. The zero-order chi connectivity index (χ0) is 9.68. The van der Waals surface area contributed by atoms with E-state index in [1.165, 1.54) is 11.1 Å². The van der Waals surface area contributed by atoms with Crippen molar-refractivity contribution in [2.24, 2.45) is 0 Å². The highest BCUT2D eigenvalue weighted by Crippen LogP contribution is 2.23. The molecule has 70 valence electrons. The van der Waals surface area contributed by atoms with E-state index in [-0.39, 0.29) is 0 Å². The molecular weight excluding hydrogens is 160 g/mol. The van der Waals surface area contributed by atoms with E-state index in [1.54, 1.807) is 7.11 Å². The Hall–Kier alpha value is -1.24. The van der Waals surface area contributed by atoms with Crippen molar-refractivity contribution >= 4 is 0 Å². The third-order valence-corrected chi connectivity index (χ3v) is 2.17. The summed E-state index contributed by atoms with van der Waals surface area (Å²) in [6.07, 6.45) is 3.85. The quantitative estimate of drug-likeness (QED) is 0.641. The molecule has 1 aromatic carbocycles. The van der Waals surface area contributed by atoms with Crippen molar-refractivity contribution < 1.29 is 4.74 Å². The Balaban J connectivity index is 3.10. The van der Waals surface area contributed by atoms with Crippen molar-refractivity contribution in [2.75, 3.05) is 7.11 Å². The van der Waals surface area contributed by atoms with Gasteiger partial charge in [-0.05, 0) is 30.0 Å². The van der Waals surface area contributed by atoms with Gasteiger partial charge < -0.3 is 4.74 Å². The summed E-state index contributed by atoms with van der Waals surface area (Å²) in [7, 11) is 1.71. The van der Waals surface area contributed by atoms with Crippen LogP contribution >= 0.6 is 0 Å². The summed E-state index contributed by atoms with van der Waals surface area (Å²) in [6, 6.07) is 6.16. The predicted octanol–water partition coefficient (Wildman–Crippen LogP) is 2.99. The highest BCUT2D eigenvalue weighted by molar-refractivity contribution is 5.41. The van der Waals surface area contributed by atoms with E-state index in [9.17, 15) is 0 Å². The number of rotatable bonds is 4. The summed E-state index contributed by atoms with van der Waals surface area (Å²) < 4.78 is 5.29. The van der Waals surface area contributed by atoms with Crippen molar-refractivity contribution in [2.45, 2.75) is 19.8 Å². The lowest BCUT2D eigenvalue weighted by molar-refractivity contribution is 0.409. The molecule has 1 aromatic rings. The van der Waals surface area contributed by atoms with E-state index in [0.717, 1.165) is 18.6 Å². The molecule has 0 fully saturated rings. The lowest BCUT2D eigenvalue weighted by atomic mass is 10.0. The molecule has 0 saturated heterocycles. The fraction of sp³-hybridized carbons (Fsp3) is 0.333. The molecule has 0 saturated carbocycles. The number of hydrogen-bond donors (Lipinski definition) is 0. The maximum absolute atomic E-state index is 5.29. The molecule has 0 atom stereocenters. The van der Waals surface area contributed by atoms with E-state index in [2.05, 4.69) is 19.6 Å². The van der Waals surface area contributed by atoms with Gasteiger partial charge in [-0.25, -0.2) is 0 Å². The molecule has 1 nitrogen and oxygen atoms in total. The summed E-state index contributed by atoms with van der Waals surface area (Å²) in [4.78, 5) is 0. The van der Waals surface area contributed by atoms with Crippen LogP contribution in [0.4, 0.5) is 0 Å². The predicted molar refractivity (Wildman–Crippen MR) is 56.3 cm³/mol. The van der Waals surface area contributed by atoms with Crippen LogP contribution in [-0.2, 0) is 12.8 Å². The standard InChI is InChI=1S/C12H16O/c1-4-7-10-8-6-9-12(13-3)11(10)5-2/h4,6,8-9H,1,5,7H2,2-3H3. The number of benzene rings is 1. The maximum Gasteiger partial charge on any atom is 0.122 e. The van der Waals surface area contributed by atoms with Crippen LogP contribution in [0.1, 0.15) is 18.1 Å². The Morgan fingerprint density at radius 1 is 1.46 bits per heavy atom. The van der Waals surface area contributed by atoms with Gasteiger partial charge in [-0.1, -0.05) is 25.1 Å². The summed E-state index contributed by atoms with van der Waals surface area (Å²) in [6.45, 7) is 5.89. The first-order valence-electron chi connectivity index (χ1n) is 4.59. The molecule has 0 aliphatic rings. The van der Waals surface area contributed by atoms with Crippen LogP contribution < -0.4 is 4.74 Å². The molecule has 13 heavy (non-hydrogen) atoms. The smallest absolute Gasteiger partial charge is 0.122 e. The number of ether oxygens (including phenoxy) is 1. The Labute approximate surface area is 80.0 Å². The van der Waals surface area contributed by atoms with Gasteiger partial charge in [0.25, 0.3) is 0 Å². The minimum Gasteiger partial charge on any atom is -0.496 e. The maximum atomic E-state index is 5.29. The van der Waals surface area contributed by atoms with Crippen LogP contribution in [0, 0.1) is 0 Å². The second-order valence-corrected chi connectivity index (χ2v) is 2.94. The molecule has 0 unspecified atom stereocenters. The van der Waals surface area contributed by atoms with E-state index < -0.39 is 0 Å². The molecule has 0 aliphatic carbocycles. The fourth-order valence-corrected chi connectivity index (χ4v) is 1.55. The van der Waals surface area contributed by atoms with Gasteiger partial charge >= 0.3 is 0 Å². The first-order valence-corrected chi connectivity index (χ1v) is 4.59. The van der Waals surface area contributed by atoms with Crippen molar-refractivity contribution in [3.63, 3.8) is 0 Å². The van der Waals surface area contributed by atoms with Crippen molar-refractivity contribution in [3.05, 3.63) is 42.0 Å². The Bertz CT molecular complexity index is 289. The van der Waals surface area contributed by atoms with Crippen LogP contribution in [0.5, 0.6) is 5.75 Å². The van der Waals surface area contributed by atoms with Crippen LogP contribution in [0.3, 0.4) is 0 Å². The summed E-state index contributed by atoms with van der Waals surface area (Å²) in [5.41, 5.74) is 2.61. The van der Waals surface area contributed by atoms with E-state index in [1.807, 2.05) is 18.2 Å². The van der Waals surface area contributed by atoms with Gasteiger partial charge in [-0.2, -0.15) is 0 Å². The molecule has 0 aromatic heterocycles. The summed E-state index contributed by atoms with van der Waals surface area (Å²) >= 11 is 0. The normalized spacial score (nSPS) is 9.69. The average Bonchev–Trinajstić information content (AvgIpc) is 2.18. The molecular formula is C12H16O. The molecule has 0 radical (unpaired) electrons. The van der Waals surface area contributed by atoms with Crippen molar-refractivity contribution in [1.29, 1.82) is 0 Å². The fourth-order valence-electron chi connectivity index (χ4n) is 1.55. The third-order valence-electron chi connectivity index (χ3n) is 2.17. The van der Waals surface area contributed by atoms with Crippen LogP contribution in [0.25, 0.3) is 0 Å². The molecule has 1 rings (SSSR count). The monoisotopic (exact) mass is 176 g/mol. The lowest BCUT2D eigenvalue weighted by Gasteiger charge is -2.10. The molecule has 1 heteroatoms. The number of hydrogen-bond acceptors (Lipinski definition) is 1. The van der Waals surface area contributed by atoms with Gasteiger partial charge in [-0.3, -0.25) is 0 Å². The van der Waals surface area contributed by atoms with Crippen LogP contribution in [0.2, 0.25) is 0 Å². The number of allylic oxidation sites excluding steroid dienone is 1. The Morgan fingerprint density at radius 3 is 2.77 bits per heavy atom. The Morgan fingerprint density at radius 2 is 2.23 bits per heavy atom. The molecule has 0 bridgehead atoms. The van der Waals surface area contributed by atoms with Crippen molar-refractivity contribution in [3.8, 4) is 5.75 Å². The highest BCUT2D eigenvalue weighted by Gasteiger charge is 2.04. The second-order valence-electron chi connectivity index (χ2n) is 2.94. The topological polar surface area (TPSA) is 9.23 Å². The molecule has 0 aliphatic heterocycles. The average molecular weight is 176 g/mol. The third kappa shape index (κ3) is 2.11. The largest absolute Gasteiger partial charge is 0.496 e. The van der Waals surface area contributed by atoms with Gasteiger partial charge in [0.05, 0.1) is 7.11 Å². The second kappa shape index (κ2) is 4.70. The SMILES string of the molecule is C=CCc1cccc(OC)c1CC. The van der Waals surface area contributed by atoms with E-state index >= 15 is 0 Å². The van der Waals surface area contributed by atoms with E-state index in [0.29, 0.717) is 0 Å². The summed E-state index contributed by atoms with van der Waals surface area (Å²) in [5, 5.41) is 0. The Kier molecular flexibility index (Phi) is 3.56. The van der Waals surface area contributed by atoms with Gasteiger partial charge in [0.1, 0.15) is 5.75 Å². The van der Waals surface area contributed by atoms with Crippen LogP contribution in [-0.4, -0.2) is 7.11 Å².